The van der Waals surface area contributed by atoms with Gasteiger partial charge >= 0.3 is 0 Å². The van der Waals surface area contributed by atoms with Gasteiger partial charge in [0, 0.05) is 44.4 Å². The summed E-state index contributed by atoms with van der Waals surface area (Å²) < 4.78 is 1.14. The van der Waals surface area contributed by atoms with Crippen LogP contribution in [0.1, 0.15) is 171 Å². The molecule has 3 atom stereocenters. The minimum Gasteiger partial charge on any atom is -0.385 e. The Morgan fingerprint density at radius 1 is 0.980 bits per heavy atom. The quantitative estimate of drug-likeness (QED) is 0.0371. The summed E-state index contributed by atoms with van der Waals surface area (Å²) in [7, 11) is 2.51. The minimum atomic E-state index is 0.375. The lowest BCUT2D eigenvalue weighted by Gasteiger charge is -2.49. The number of unbranched alkanes of at least 4 members (excludes halogenated alkanes) is 4. The first-order valence-electron chi connectivity index (χ1n) is 21.1. The molecule has 1 amide bonds. The average molecular weight is 683 g/mol. The number of hydrogen-bond acceptors (Lipinski definition) is 3. The van der Waals surface area contributed by atoms with Crippen molar-refractivity contribution < 1.29 is 9.28 Å². The number of amides is 1. The van der Waals surface area contributed by atoms with Crippen molar-refractivity contribution in [1.82, 2.24) is 15.5 Å². The molecular weight excluding hydrogens is 603 g/mol. The van der Waals surface area contributed by atoms with E-state index in [1.54, 1.807) is 0 Å². The summed E-state index contributed by atoms with van der Waals surface area (Å²) in [6, 6.07) is 1.17. The van der Waals surface area contributed by atoms with Gasteiger partial charge in [-0.2, -0.15) is 0 Å². The van der Waals surface area contributed by atoms with Crippen LogP contribution in [0.4, 0.5) is 0 Å². The molecule has 2 aliphatic carbocycles. The predicted molar refractivity (Wildman–Crippen MR) is 214 cm³/mol. The number of allylic oxidation sites excluding steroid dienone is 2. The Balaban J connectivity index is 0.00000409. The number of carbonyl (C=O) groups is 1. The molecule has 0 aromatic rings. The van der Waals surface area contributed by atoms with Gasteiger partial charge in [0.05, 0.1) is 25.3 Å². The van der Waals surface area contributed by atoms with Gasteiger partial charge in [-0.15, -0.1) is 0 Å². The van der Waals surface area contributed by atoms with Gasteiger partial charge in [-0.1, -0.05) is 92.2 Å². The molecule has 0 aromatic carbocycles. The molecule has 2 saturated carbocycles. The first kappa shape index (κ1) is 43.1. The fourth-order valence-electron chi connectivity index (χ4n) is 7.59. The van der Waals surface area contributed by atoms with Gasteiger partial charge in [-0.3, -0.25) is 4.79 Å². The SMILES string of the molecule is CC.CCC/C=C(NCCCN(CCCC)C(=O)CC1CCC1)/C(=C\N=C(C)NC1=CCC[N+](C)(C(CCC)CCCCC)C1C)C1CC1. The van der Waals surface area contributed by atoms with Crippen LogP contribution in [0.25, 0.3) is 0 Å². The van der Waals surface area contributed by atoms with Crippen LogP contribution in [0.3, 0.4) is 0 Å². The van der Waals surface area contributed by atoms with E-state index >= 15 is 0 Å². The first-order chi connectivity index (χ1) is 23.8. The largest absolute Gasteiger partial charge is 0.385 e. The number of nitrogens with zero attached hydrogens (tertiary/aromatic N) is 3. The Hall–Kier alpha value is -2.08. The van der Waals surface area contributed by atoms with Crippen molar-refractivity contribution in [2.45, 2.75) is 183 Å². The number of nitrogens with one attached hydrogen (secondary N) is 2. The fourth-order valence-corrected chi connectivity index (χ4v) is 7.59. The second kappa shape index (κ2) is 24.2. The third kappa shape index (κ3) is 14.6. The number of amidine groups is 1. The highest BCUT2D eigenvalue weighted by Gasteiger charge is 2.40. The molecule has 1 heterocycles. The number of carbonyl (C=O) groups excluding carboxylic acids is 1. The molecule has 282 valence electrons. The van der Waals surface area contributed by atoms with Crippen molar-refractivity contribution in [2.24, 2.45) is 16.8 Å². The molecule has 49 heavy (non-hydrogen) atoms. The Labute approximate surface area is 304 Å². The molecule has 2 N–H and O–H groups in total. The summed E-state index contributed by atoms with van der Waals surface area (Å²) in [6.45, 7) is 21.6. The normalized spacial score (nSPS) is 22.4. The Bertz CT molecular complexity index is 1050. The number of hydrogen-bond donors (Lipinski definition) is 2. The molecule has 6 heteroatoms. The van der Waals surface area contributed by atoms with E-state index in [9.17, 15) is 4.79 Å². The van der Waals surface area contributed by atoms with Gasteiger partial charge in [0.1, 0.15) is 11.9 Å². The summed E-state index contributed by atoms with van der Waals surface area (Å²) in [6.07, 6.45) is 28.4. The molecule has 3 aliphatic rings. The van der Waals surface area contributed by atoms with E-state index in [0.717, 1.165) is 80.9 Å². The Morgan fingerprint density at radius 3 is 2.31 bits per heavy atom. The van der Waals surface area contributed by atoms with E-state index in [1.165, 1.54) is 94.1 Å². The standard InChI is InChI=1S/C41H74N5O.C2H6/c1-8-12-15-22-37(19-11-4)46(7)30-17-24-39(33(46)5)44-34(6)43-32-38(36-25-26-36)40(23-13-9-2)42-27-18-29-45(28-14-10-3)41(47)31-35-20-16-21-35;1-2/h23-24,32-33,35-37,42H,8-22,25-31H2,1-7H3,(H,43,44);1-2H3/q+1;/b38-32-,40-23-;. The molecule has 0 radical (unpaired) electrons. The number of rotatable bonds is 23. The maximum Gasteiger partial charge on any atom is 0.222 e. The maximum atomic E-state index is 13.1. The van der Waals surface area contributed by atoms with Crippen molar-refractivity contribution in [3.05, 3.63) is 35.3 Å². The lowest BCUT2D eigenvalue weighted by molar-refractivity contribution is -0.952. The molecule has 3 unspecified atom stereocenters. The summed E-state index contributed by atoms with van der Waals surface area (Å²) in [5, 5.41) is 7.58. The molecule has 0 spiro atoms. The van der Waals surface area contributed by atoms with Crippen molar-refractivity contribution >= 4 is 11.7 Å². The third-order valence-corrected chi connectivity index (χ3v) is 11.3. The lowest BCUT2D eigenvalue weighted by atomic mass is 9.82. The highest BCUT2D eigenvalue weighted by molar-refractivity contribution is 5.82. The molecular formula is C43H80N5O+. The number of quaternary nitrogens is 1. The number of likely N-dealkylation sites (N-methyl/N-ethyl adjacent to an activating group) is 1. The lowest BCUT2D eigenvalue weighted by Crippen LogP contribution is -2.61. The van der Waals surface area contributed by atoms with E-state index in [1.807, 2.05) is 13.8 Å². The highest BCUT2D eigenvalue weighted by Crippen LogP contribution is 2.39. The first-order valence-corrected chi connectivity index (χ1v) is 21.1. The topological polar surface area (TPSA) is 56.7 Å². The van der Waals surface area contributed by atoms with E-state index in [-0.39, 0.29) is 0 Å². The van der Waals surface area contributed by atoms with Crippen LogP contribution in [0.2, 0.25) is 0 Å². The molecule has 0 bridgehead atoms. The Morgan fingerprint density at radius 2 is 1.69 bits per heavy atom. The second-order valence-electron chi connectivity index (χ2n) is 15.3. The summed E-state index contributed by atoms with van der Waals surface area (Å²) in [5.41, 5.74) is 3.96. The number of aliphatic imine (C=N–C) groups is 1. The zero-order valence-electron chi connectivity index (χ0n) is 33.8. The molecule has 0 aromatic heterocycles. The van der Waals surface area contributed by atoms with E-state index in [4.69, 9.17) is 4.99 Å². The zero-order valence-corrected chi connectivity index (χ0v) is 33.8. The monoisotopic (exact) mass is 683 g/mol. The summed E-state index contributed by atoms with van der Waals surface area (Å²) in [5.74, 6) is 2.59. The van der Waals surface area contributed by atoms with Crippen molar-refractivity contribution in [3.63, 3.8) is 0 Å². The third-order valence-electron chi connectivity index (χ3n) is 11.3. The molecule has 1 aliphatic heterocycles. The van der Waals surface area contributed by atoms with Crippen LogP contribution in [0.15, 0.2) is 40.3 Å². The summed E-state index contributed by atoms with van der Waals surface area (Å²) in [4.78, 5) is 20.2. The van der Waals surface area contributed by atoms with Gasteiger partial charge in [-0.05, 0) is 95.5 Å². The van der Waals surface area contributed by atoms with Crippen LogP contribution in [0, 0.1) is 11.8 Å². The highest BCUT2D eigenvalue weighted by atomic mass is 16.2. The van der Waals surface area contributed by atoms with Gasteiger partial charge < -0.3 is 20.0 Å². The molecule has 6 nitrogen and oxygen atoms in total. The second-order valence-corrected chi connectivity index (χ2v) is 15.3. The minimum absolute atomic E-state index is 0.375. The van der Waals surface area contributed by atoms with E-state index < -0.39 is 0 Å². The van der Waals surface area contributed by atoms with Crippen LogP contribution >= 0.6 is 0 Å². The van der Waals surface area contributed by atoms with Gasteiger partial charge in [0.25, 0.3) is 0 Å². The van der Waals surface area contributed by atoms with Crippen molar-refractivity contribution in [1.29, 1.82) is 0 Å². The van der Waals surface area contributed by atoms with E-state index in [0.29, 0.717) is 23.8 Å². The fraction of sp³-hybridized carbons (Fsp3) is 0.814. The van der Waals surface area contributed by atoms with Crippen LogP contribution in [-0.4, -0.2) is 66.4 Å². The molecule has 3 rings (SSSR count). The maximum absolute atomic E-state index is 13.1. The summed E-state index contributed by atoms with van der Waals surface area (Å²) >= 11 is 0. The molecule has 2 fully saturated rings. The average Bonchev–Trinajstić information content (AvgIpc) is 3.92. The van der Waals surface area contributed by atoms with E-state index in [2.05, 4.69) is 82.5 Å². The van der Waals surface area contributed by atoms with Crippen LogP contribution < -0.4 is 10.6 Å². The predicted octanol–water partition coefficient (Wildman–Crippen LogP) is 10.7. The van der Waals surface area contributed by atoms with Gasteiger partial charge in [-0.25, -0.2) is 4.99 Å². The zero-order chi connectivity index (χ0) is 36.1. The van der Waals surface area contributed by atoms with Crippen LogP contribution in [-0.2, 0) is 4.79 Å². The smallest absolute Gasteiger partial charge is 0.222 e. The van der Waals surface area contributed by atoms with Gasteiger partial charge in [0.15, 0.2) is 0 Å². The van der Waals surface area contributed by atoms with Crippen molar-refractivity contribution in [3.8, 4) is 0 Å². The van der Waals surface area contributed by atoms with Crippen molar-refractivity contribution in [2.75, 3.05) is 33.2 Å². The van der Waals surface area contributed by atoms with Gasteiger partial charge in [0.2, 0.25) is 5.91 Å². The molecule has 0 saturated heterocycles. The van der Waals surface area contributed by atoms with Crippen LogP contribution in [0.5, 0.6) is 0 Å². The Kier molecular flexibility index (Phi) is 21.2.